The van der Waals surface area contributed by atoms with Gasteiger partial charge in [0.2, 0.25) is 6.42 Å². The number of para-hydroxylation sites is 1. The van der Waals surface area contributed by atoms with Crippen LogP contribution in [0.2, 0.25) is 0 Å². The van der Waals surface area contributed by atoms with E-state index in [-0.39, 0.29) is 0 Å². The van der Waals surface area contributed by atoms with E-state index in [1.165, 1.54) is 5.56 Å². The maximum absolute atomic E-state index is 5.98. The van der Waals surface area contributed by atoms with Crippen molar-refractivity contribution in [2.24, 2.45) is 4.76 Å². The van der Waals surface area contributed by atoms with Gasteiger partial charge >= 0.3 is 0 Å². The Morgan fingerprint density at radius 3 is 2.45 bits per heavy atom. The van der Waals surface area contributed by atoms with Crippen LogP contribution in [0.15, 0.2) is 65.4 Å². The fraction of sp³-hybridized carbons (Fsp3) is 0.188. The summed E-state index contributed by atoms with van der Waals surface area (Å²) in [4.78, 5) is 0. The summed E-state index contributed by atoms with van der Waals surface area (Å²) in [5.74, 6) is 0.813. The van der Waals surface area contributed by atoms with E-state index in [9.17, 15) is 0 Å². The molecule has 114 valence electrons. The number of quaternary nitrogens is 1. The molecule has 22 heavy (non-hydrogen) atoms. The first-order valence-electron chi connectivity index (χ1n) is 7.11. The molecule has 1 aliphatic heterocycles. The second-order valence-corrected chi connectivity index (χ2v) is 10.2. The maximum atomic E-state index is 5.98. The van der Waals surface area contributed by atoms with Crippen LogP contribution in [0.25, 0.3) is 0 Å². The lowest BCUT2D eigenvalue weighted by Crippen LogP contribution is -2.87. The summed E-state index contributed by atoms with van der Waals surface area (Å²) in [7, 11) is 0. The van der Waals surface area contributed by atoms with Gasteiger partial charge in [0.15, 0.2) is 0 Å². The topological polar surface area (TPSA) is 38.2 Å². The van der Waals surface area contributed by atoms with Gasteiger partial charge in [0.05, 0.1) is 5.49 Å². The summed E-state index contributed by atoms with van der Waals surface area (Å²) in [5.41, 5.74) is 2.06. The van der Waals surface area contributed by atoms with Gasteiger partial charge in [-0.3, -0.25) is 5.32 Å². The van der Waals surface area contributed by atoms with Crippen LogP contribution in [-0.4, -0.2) is 10.7 Å². The van der Waals surface area contributed by atoms with Crippen molar-refractivity contribution in [1.82, 2.24) is 0 Å². The van der Waals surface area contributed by atoms with Gasteiger partial charge in [-0.1, -0.05) is 48.5 Å². The Kier molecular flexibility index (Phi) is 4.99. The third-order valence-electron chi connectivity index (χ3n) is 3.34. The molecule has 1 aliphatic rings. The fourth-order valence-electron chi connectivity index (χ4n) is 2.20. The minimum Gasteiger partial charge on any atom is -0.446 e. The van der Waals surface area contributed by atoms with Gasteiger partial charge in [0, 0.05) is 5.56 Å². The molecule has 0 radical (unpaired) electrons. The van der Waals surface area contributed by atoms with Crippen LogP contribution in [0, 0.1) is 0 Å². The highest BCUT2D eigenvalue weighted by atomic mass is 32.5. The van der Waals surface area contributed by atoms with E-state index in [1.54, 1.807) is 11.8 Å². The Bertz CT molecular complexity index is 707. The summed E-state index contributed by atoms with van der Waals surface area (Å²) >= 11 is 7.36. The van der Waals surface area contributed by atoms with Crippen molar-refractivity contribution >= 4 is 35.2 Å². The third-order valence-corrected chi connectivity index (χ3v) is 8.25. The van der Waals surface area contributed by atoms with Crippen LogP contribution in [0.4, 0.5) is 0 Å². The summed E-state index contributed by atoms with van der Waals surface area (Å²) in [6.07, 6.45) is -2.14. The van der Waals surface area contributed by atoms with Crippen LogP contribution in [0.5, 0.6) is 5.75 Å². The normalized spacial score (nSPS) is 22.1. The quantitative estimate of drug-likeness (QED) is 0.854. The van der Waals surface area contributed by atoms with Gasteiger partial charge in [-0.2, -0.15) is 4.76 Å². The molecule has 0 amide bonds. The molecule has 2 aromatic rings. The molecule has 0 spiro atoms. The van der Waals surface area contributed by atoms with Crippen LogP contribution in [0.1, 0.15) is 18.5 Å². The lowest BCUT2D eigenvalue weighted by molar-refractivity contribution is -0.578. The molecule has 0 aliphatic carbocycles. The average Bonchev–Trinajstić information content (AvgIpc) is 2.90. The van der Waals surface area contributed by atoms with Crippen molar-refractivity contribution in [3.8, 4) is 5.75 Å². The Labute approximate surface area is 140 Å². The fourth-order valence-corrected chi connectivity index (χ4v) is 6.76. The molecule has 3 rings (SSSR count). The Balaban J connectivity index is 1.68. The molecule has 2 N–H and O–H groups in total. The predicted molar refractivity (Wildman–Crippen MR) is 98.0 cm³/mol. The highest BCUT2D eigenvalue weighted by Crippen LogP contribution is 2.55. The van der Waals surface area contributed by atoms with Gasteiger partial charge in [0.25, 0.3) is 5.17 Å². The first-order valence-corrected chi connectivity index (χ1v) is 11.0. The Hall–Kier alpha value is -1.13. The molecule has 0 bridgehead atoms. The minimum atomic E-state index is -2.14. The van der Waals surface area contributed by atoms with Crippen LogP contribution in [-0.2, 0) is 11.8 Å². The van der Waals surface area contributed by atoms with Crippen molar-refractivity contribution in [3.05, 3.63) is 66.2 Å². The zero-order valence-electron chi connectivity index (χ0n) is 12.3. The van der Waals surface area contributed by atoms with Crippen LogP contribution < -0.4 is 9.84 Å². The van der Waals surface area contributed by atoms with E-state index in [0.29, 0.717) is 6.04 Å². The van der Waals surface area contributed by atoms with Crippen molar-refractivity contribution in [2.45, 2.75) is 13.0 Å². The summed E-state index contributed by atoms with van der Waals surface area (Å²) in [5, 5.41) is 3.19. The van der Waals surface area contributed by atoms with E-state index in [0.717, 1.165) is 16.4 Å². The zero-order chi connectivity index (χ0) is 15.4. The molecule has 2 aromatic carbocycles. The molecule has 0 aromatic heterocycles. The summed E-state index contributed by atoms with van der Waals surface area (Å²) in [6, 6.07) is 20.5. The maximum Gasteiger partial charge on any atom is 0.264 e. The third kappa shape index (κ3) is 3.99. The van der Waals surface area contributed by atoms with E-state index in [4.69, 9.17) is 21.1 Å². The second kappa shape index (κ2) is 6.97. The Morgan fingerprint density at radius 1 is 1.14 bits per heavy atom. The number of amidine groups is 1. The smallest absolute Gasteiger partial charge is 0.264 e. The standard InChI is InChI=1S/C16H17N2OPS2/c1-13(14-8-4-2-5-9-14)17-16-18-20(21,12-22-16)19-15-10-6-3-7-11-15/h2-11,13H,12H2,1H3,(H,17,18,21)/p+1/t13-,20+/m0/s1. The molecule has 0 unspecified atom stereocenters. The largest absolute Gasteiger partial charge is 0.446 e. The molecule has 1 heterocycles. The highest BCUT2D eigenvalue weighted by Gasteiger charge is 2.31. The lowest BCUT2D eigenvalue weighted by atomic mass is 10.1. The Morgan fingerprint density at radius 2 is 1.77 bits per heavy atom. The molecule has 0 saturated heterocycles. The number of thioether (sulfide) groups is 1. The molecule has 6 heteroatoms. The second-order valence-electron chi connectivity index (χ2n) is 5.12. The van der Waals surface area contributed by atoms with Gasteiger partial charge < -0.3 is 4.52 Å². The minimum absolute atomic E-state index is 0.325. The highest BCUT2D eigenvalue weighted by molar-refractivity contribution is 8.27. The number of hydrogen-bond acceptors (Lipinski definition) is 3. The van der Waals surface area contributed by atoms with Crippen LogP contribution >= 0.6 is 18.2 Å². The van der Waals surface area contributed by atoms with Gasteiger partial charge in [-0.25, -0.2) is 0 Å². The first kappa shape index (κ1) is 15.8. The molecule has 2 atom stereocenters. The summed E-state index contributed by atoms with van der Waals surface area (Å²) < 4.78 is 10.7. The SMILES string of the molecule is C[C@H]([NH2+]C1=N[P@@](=S)(Oc2ccccc2)CS1)c1ccccc1. The van der Waals surface area contributed by atoms with E-state index >= 15 is 0 Å². The van der Waals surface area contributed by atoms with Gasteiger partial charge in [-0.05, 0) is 42.6 Å². The lowest BCUT2D eigenvalue weighted by Gasteiger charge is -2.12. The van der Waals surface area contributed by atoms with Crippen molar-refractivity contribution in [3.63, 3.8) is 0 Å². The molecule has 0 saturated carbocycles. The number of rotatable bonds is 4. The molecular formula is C16H18N2OPS2+. The van der Waals surface area contributed by atoms with E-state index in [2.05, 4.69) is 36.5 Å². The number of nitrogens with two attached hydrogens (primary N) is 1. The number of hydrogen-bond donors (Lipinski definition) is 1. The molecular weight excluding hydrogens is 331 g/mol. The number of nitrogens with zero attached hydrogens (tertiary/aromatic N) is 1. The van der Waals surface area contributed by atoms with E-state index < -0.39 is 6.42 Å². The average molecular weight is 349 g/mol. The predicted octanol–water partition coefficient (Wildman–Crippen LogP) is 3.76. The zero-order valence-corrected chi connectivity index (χ0v) is 14.8. The number of benzene rings is 2. The van der Waals surface area contributed by atoms with Gasteiger partial charge in [0.1, 0.15) is 11.8 Å². The van der Waals surface area contributed by atoms with Crippen molar-refractivity contribution in [2.75, 3.05) is 5.49 Å². The monoisotopic (exact) mass is 349 g/mol. The van der Waals surface area contributed by atoms with Crippen LogP contribution in [0.3, 0.4) is 0 Å². The van der Waals surface area contributed by atoms with Crippen molar-refractivity contribution in [1.29, 1.82) is 0 Å². The van der Waals surface area contributed by atoms with Crippen molar-refractivity contribution < 1.29 is 9.84 Å². The first-order chi connectivity index (χ1) is 10.6. The summed E-state index contributed by atoms with van der Waals surface area (Å²) in [6.45, 7) is 2.18. The van der Waals surface area contributed by atoms with Gasteiger partial charge in [-0.15, -0.1) is 0 Å². The molecule has 3 nitrogen and oxygen atoms in total. The van der Waals surface area contributed by atoms with E-state index in [1.807, 2.05) is 36.4 Å². The molecule has 0 fully saturated rings.